The molecular weight excluding hydrogens is 700 g/mol. The van der Waals surface area contributed by atoms with Gasteiger partial charge in [0.15, 0.2) is 0 Å². The molecule has 4 fully saturated rings. The van der Waals surface area contributed by atoms with Gasteiger partial charge in [-0.25, -0.2) is 0 Å². The summed E-state index contributed by atoms with van der Waals surface area (Å²) in [5.74, 6) is 0. The van der Waals surface area contributed by atoms with E-state index in [1.807, 2.05) is 0 Å². The van der Waals surface area contributed by atoms with Crippen LogP contribution in [0.2, 0.25) is 0 Å². The number of amidine groups is 2. The fourth-order valence-corrected chi connectivity index (χ4v) is 17.2. The Morgan fingerprint density at radius 1 is 0.440 bits per heavy atom. The maximum atomic E-state index is 9.75. The van der Waals surface area contributed by atoms with Crippen LogP contribution in [0.4, 0.5) is 34.5 Å². The van der Waals surface area contributed by atoms with Crippen LogP contribution in [-0.4, -0.2) is 122 Å². The van der Waals surface area contributed by atoms with E-state index < -0.39 is 14.5 Å². The Labute approximate surface area is 300 Å². The molecule has 0 atom stereocenters. The van der Waals surface area contributed by atoms with Crippen LogP contribution in [-0.2, 0) is 0 Å². The zero-order valence-corrected chi connectivity index (χ0v) is 32.9. The number of nitrogens with zero attached hydrogens (tertiary/aromatic N) is 4. The standard InChI is InChI=1S/2C17H32N2P.2BF4/c2*1-18-13-14-19(2)17(18)20(15-9-5-3-6-10-15)16-11-7-4-8-12-16;2*2-1(3,4)5/h2*15-16H,3-14H2,1-2H3;;/q2*+1;2*-1. The van der Waals surface area contributed by atoms with Crippen LogP contribution in [0.3, 0.4) is 0 Å². The van der Waals surface area contributed by atoms with Crippen molar-refractivity contribution in [1.82, 2.24) is 9.80 Å². The van der Waals surface area contributed by atoms with Gasteiger partial charge in [-0.3, -0.25) is 19.0 Å². The quantitative estimate of drug-likeness (QED) is 0.116. The number of likely N-dealkylation sites (N-methyl/N-ethyl adjacent to an activating group) is 4. The highest BCUT2D eigenvalue weighted by Crippen LogP contribution is 2.58. The second-order valence-electron chi connectivity index (χ2n) is 15.3. The second kappa shape index (κ2) is 21.3. The molecule has 50 heavy (non-hydrogen) atoms. The molecule has 0 spiro atoms. The molecule has 0 aromatic rings. The number of hydrogen-bond donors (Lipinski definition) is 0. The van der Waals surface area contributed by atoms with Gasteiger partial charge in [0.05, 0.1) is 28.2 Å². The van der Waals surface area contributed by atoms with Crippen LogP contribution in [0.25, 0.3) is 0 Å². The first kappa shape index (κ1) is 43.8. The minimum Gasteiger partial charge on any atom is -0.418 e. The molecule has 4 saturated carbocycles. The van der Waals surface area contributed by atoms with Crippen molar-refractivity contribution >= 4 is 41.5 Å². The minimum atomic E-state index is -6.00. The Kier molecular flexibility index (Phi) is 18.7. The van der Waals surface area contributed by atoms with Crippen molar-refractivity contribution in [2.45, 2.75) is 151 Å². The first-order chi connectivity index (χ1) is 23.5. The molecule has 0 saturated heterocycles. The first-order valence-corrected chi connectivity index (χ1v) is 22.4. The normalized spacial score (nSPS) is 23.9. The zero-order valence-electron chi connectivity index (χ0n) is 31.1. The lowest BCUT2D eigenvalue weighted by Crippen LogP contribution is -2.32. The number of hydrogen-bond acceptors (Lipinski definition) is 2. The lowest BCUT2D eigenvalue weighted by atomic mass is 9.99. The maximum absolute atomic E-state index is 9.75. The molecule has 0 aromatic carbocycles. The Morgan fingerprint density at radius 3 is 0.800 bits per heavy atom. The summed E-state index contributed by atoms with van der Waals surface area (Å²) in [6.45, 7) is 5.02. The molecule has 6 aliphatic rings. The minimum absolute atomic E-state index is 0.0917. The van der Waals surface area contributed by atoms with Crippen LogP contribution in [0.15, 0.2) is 0 Å². The third-order valence-electron chi connectivity index (χ3n) is 11.2. The monoisotopic (exact) mass is 764 g/mol. The average molecular weight is 764 g/mol. The summed E-state index contributed by atoms with van der Waals surface area (Å²) < 4.78 is 83.2. The SMILES string of the molecule is CN1CC[N+](C)=C1P(C1CCCCC1)C1CCCCC1.CN1CC[N+](C)=C1P(C1CCCCC1)C1CCCCC1.F[B-](F)(F)F.F[B-](F)(F)F. The van der Waals surface area contributed by atoms with Crippen molar-refractivity contribution in [2.24, 2.45) is 0 Å². The van der Waals surface area contributed by atoms with Crippen molar-refractivity contribution < 1.29 is 43.7 Å². The third kappa shape index (κ3) is 15.4. The van der Waals surface area contributed by atoms with Gasteiger partial charge >= 0.3 is 14.5 Å². The molecule has 0 aromatic heterocycles. The molecular formula is C34H64B2F8N4P2. The predicted octanol–water partition coefficient (Wildman–Crippen LogP) is 10.8. The van der Waals surface area contributed by atoms with E-state index >= 15 is 0 Å². The van der Waals surface area contributed by atoms with Crippen LogP contribution in [0.1, 0.15) is 128 Å². The molecule has 4 nitrogen and oxygen atoms in total. The van der Waals surface area contributed by atoms with Gasteiger partial charge in [-0.2, -0.15) is 0 Å². The van der Waals surface area contributed by atoms with Gasteiger partial charge in [-0.1, -0.05) is 77.0 Å². The second-order valence-corrected chi connectivity index (χ2v) is 20.6. The van der Waals surface area contributed by atoms with E-state index in [1.54, 1.807) is 11.2 Å². The molecule has 0 radical (unpaired) electrons. The lowest BCUT2D eigenvalue weighted by molar-refractivity contribution is -0.484. The van der Waals surface area contributed by atoms with Crippen LogP contribution in [0, 0.1) is 0 Å². The molecule has 16 heteroatoms. The topological polar surface area (TPSA) is 12.5 Å². The summed E-state index contributed by atoms with van der Waals surface area (Å²) in [6, 6.07) is 0. The van der Waals surface area contributed by atoms with Crippen molar-refractivity contribution in [1.29, 1.82) is 0 Å². The van der Waals surface area contributed by atoms with Gasteiger partial charge in [0.25, 0.3) is 11.2 Å². The van der Waals surface area contributed by atoms with Gasteiger partial charge in [0.2, 0.25) is 0 Å². The van der Waals surface area contributed by atoms with E-state index in [0.717, 1.165) is 22.6 Å². The largest absolute Gasteiger partial charge is 0.673 e. The molecule has 2 aliphatic heterocycles. The Hall–Kier alpha value is -0.630. The summed E-state index contributed by atoms with van der Waals surface area (Å²) in [4.78, 5) is 5.21. The van der Waals surface area contributed by atoms with Crippen molar-refractivity contribution in [3.05, 3.63) is 0 Å². The summed E-state index contributed by atoms with van der Waals surface area (Å²) >= 11 is 0. The first-order valence-electron chi connectivity index (χ1n) is 19.4. The lowest BCUT2D eigenvalue weighted by Gasteiger charge is -2.37. The zero-order chi connectivity index (χ0) is 36.9. The number of rotatable bonds is 6. The number of halogens is 8. The average Bonchev–Trinajstić information content (AvgIpc) is 3.57. The molecule has 0 amide bonds. The predicted molar refractivity (Wildman–Crippen MR) is 199 cm³/mol. The van der Waals surface area contributed by atoms with Crippen molar-refractivity contribution in [3.8, 4) is 0 Å². The van der Waals surface area contributed by atoms with Gasteiger partial charge in [0, 0.05) is 15.8 Å². The Morgan fingerprint density at radius 2 is 0.640 bits per heavy atom. The molecule has 0 unspecified atom stereocenters. The van der Waals surface area contributed by atoms with E-state index in [9.17, 15) is 34.5 Å². The van der Waals surface area contributed by atoms with E-state index in [2.05, 4.69) is 47.1 Å². The van der Waals surface area contributed by atoms with E-state index in [4.69, 9.17) is 0 Å². The molecule has 292 valence electrons. The molecule has 2 heterocycles. The molecule has 6 rings (SSSR count). The van der Waals surface area contributed by atoms with Crippen molar-refractivity contribution in [2.75, 3.05) is 54.4 Å². The van der Waals surface area contributed by atoms with Crippen LogP contribution >= 0.6 is 15.8 Å². The van der Waals surface area contributed by atoms with Gasteiger partial charge in [0.1, 0.15) is 26.2 Å². The van der Waals surface area contributed by atoms with Crippen LogP contribution in [0.5, 0.6) is 0 Å². The fourth-order valence-electron chi connectivity index (χ4n) is 9.06. The van der Waals surface area contributed by atoms with Crippen LogP contribution < -0.4 is 0 Å². The summed E-state index contributed by atoms with van der Waals surface area (Å²) in [5.41, 5.74) is 7.69. The highest BCUT2D eigenvalue weighted by atomic mass is 31.1. The van der Waals surface area contributed by atoms with Crippen molar-refractivity contribution in [3.63, 3.8) is 0 Å². The summed E-state index contributed by atoms with van der Waals surface area (Å²) in [7, 11) is -2.43. The highest BCUT2D eigenvalue weighted by molar-refractivity contribution is 7.76. The third-order valence-corrected chi connectivity index (χ3v) is 18.7. The molecule has 4 aliphatic carbocycles. The molecule has 0 bridgehead atoms. The van der Waals surface area contributed by atoms with E-state index in [1.165, 1.54) is 155 Å². The maximum Gasteiger partial charge on any atom is 0.673 e. The van der Waals surface area contributed by atoms with Gasteiger partial charge in [-0.05, 0) is 74.0 Å². The molecule has 0 N–H and O–H groups in total. The highest BCUT2D eigenvalue weighted by Gasteiger charge is 2.44. The summed E-state index contributed by atoms with van der Waals surface area (Å²) in [6.07, 6.45) is 30.1. The summed E-state index contributed by atoms with van der Waals surface area (Å²) in [5, 5.41) is 0. The van der Waals surface area contributed by atoms with Gasteiger partial charge < -0.3 is 34.5 Å². The fraction of sp³-hybridized carbons (Fsp3) is 0.941. The smallest absolute Gasteiger partial charge is 0.418 e. The van der Waals surface area contributed by atoms with Gasteiger partial charge in [-0.15, -0.1) is 0 Å². The Bertz CT molecular complexity index is 927. The Balaban J connectivity index is 0.000000214. The van der Waals surface area contributed by atoms with E-state index in [0.29, 0.717) is 0 Å². The van der Waals surface area contributed by atoms with E-state index in [-0.39, 0.29) is 15.8 Å².